The van der Waals surface area contributed by atoms with E-state index in [-0.39, 0.29) is 0 Å². The lowest BCUT2D eigenvalue weighted by Crippen LogP contribution is -2.35. The van der Waals surface area contributed by atoms with E-state index in [4.69, 9.17) is 4.74 Å². The Balaban J connectivity index is 2.02. The van der Waals surface area contributed by atoms with E-state index in [0.29, 0.717) is 6.10 Å². The number of hydrogen-bond donors (Lipinski definition) is 0. The summed E-state index contributed by atoms with van der Waals surface area (Å²) in [6.45, 7) is 1.25. The van der Waals surface area contributed by atoms with Crippen LogP contribution < -0.4 is 0 Å². The quantitative estimate of drug-likeness (QED) is 0.533. The summed E-state index contributed by atoms with van der Waals surface area (Å²) in [4.78, 5) is 2.46. The van der Waals surface area contributed by atoms with Gasteiger partial charge in [-0.15, -0.1) is 0 Å². The fourth-order valence-corrected chi connectivity index (χ4v) is 2.42. The summed E-state index contributed by atoms with van der Waals surface area (Å²) in [5, 5.41) is 0. The van der Waals surface area contributed by atoms with Gasteiger partial charge in [-0.3, -0.25) is 0 Å². The molecule has 3 atom stereocenters. The molecule has 3 unspecified atom stereocenters. The first-order chi connectivity index (χ1) is 4.81. The van der Waals surface area contributed by atoms with E-state index >= 15 is 0 Å². The van der Waals surface area contributed by atoms with E-state index in [0.717, 1.165) is 12.0 Å². The van der Waals surface area contributed by atoms with Crippen LogP contribution in [0.15, 0.2) is 0 Å². The molecule has 0 aromatic rings. The molecule has 0 N–H and O–H groups in total. The lowest BCUT2D eigenvalue weighted by molar-refractivity contribution is 0.0393. The normalized spacial score (nSPS) is 46.8. The molecule has 2 nitrogen and oxygen atoms in total. The fraction of sp³-hybridized carbons (Fsp3) is 1.00. The van der Waals surface area contributed by atoms with Crippen LogP contribution in [-0.2, 0) is 4.74 Å². The topological polar surface area (TPSA) is 12.5 Å². The number of rotatable bonds is 1. The van der Waals surface area contributed by atoms with Gasteiger partial charge in [0.15, 0.2) is 0 Å². The molecule has 2 aliphatic rings. The standard InChI is InChI=1S/C8H15NO/c1-9-5-6-3-7(9)4-8(6)10-2/h6-8H,3-5H2,1-2H3. The van der Waals surface area contributed by atoms with Gasteiger partial charge in [0.2, 0.25) is 0 Å². The Kier molecular flexibility index (Phi) is 1.46. The molecule has 1 heterocycles. The maximum atomic E-state index is 5.37. The Morgan fingerprint density at radius 3 is 2.60 bits per heavy atom. The van der Waals surface area contributed by atoms with E-state index in [1.807, 2.05) is 7.11 Å². The lowest BCUT2D eigenvalue weighted by Gasteiger charge is -2.27. The van der Waals surface area contributed by atoms with Crippen LogP contribution >= 0.6 is 0 Å². The Morgan fingerprint density at radius 1 is 1.40 bits per heavy atom. The average Bonchev–Trinajstić information content (AvgIpc) is 2.44. The van der Waals surface area contributed by atoms with Crippen LogP contribution in [0.3, 0.4) is 0 Å². The summed E-state index contributed by atoms with van der Waals surface area (Å²) in [5.41, 5.74) is 0. The Morgan fingerprint density at radius 2 is 2.20 bits per heavy atom. The predicted octanol–water partition coefficient (Wildman–Crippen LogP) is 0.725. The summed E-state index contributed by atoms with van der Waals surface area (Å²) in [7, 11) is 4.06. The first-order valence-corrected chi connectivity index (χ1v) is 4.04. The number of piperidine rings is 1. The lowest BCUT2D eigenvalue weighted by atomic mass is 10.1. The van der Waals surface area contributed by atoms with Crippen molar-refractivity contribution in [2.75, 3.05) is 20.7 Å². The molecule has 0 amide bonds. The molecule has 1 aliphatic heterocycles. The minimum absolute atomic E-state index is 0.571. The molecular weight excluding hydrogens is 126 g/mol. The zero-order valence-corrected chi connectivity index (χ0v) is 6.71. The van der Waals surface area contributed by atoms with E-state index in [1.165, 1.54) is 19.4 Å². The SMILES string of the molecule is COC1CC2CC1CN2C. The van der Waals surface area contributed by atoms with Crippen molar-refractivity contribution < 1.29 is 4.74 Å². The van der Waals surface area contributed by atoms with E-state index in [1.54, 1.807) is 0 Å². The first-order valence-electron chi connectivity index (χ1n) is 4.04. The van der Waals surface area contributed by atoms with Gasteiger partial charge in [-0.05, 0) is 25.8 Å². The molecule has 10 heavy (non-hydrogen) atoms. The smallest absolute Gasteiger partial charge is 0.0627 e. The van der Waals surface area contributed by atoms with Crippen LogP contribution in [0.25, 0.3) is 0 Å². The molecule has 0 spiro atoms. The third kappa shape index (κ3) is 0.789. The number of likely N-dealkylation sites (tertiary alicyclic amines) is 1. The Bertz CT molecular complexity index is 135. The summed E-state index contributed by atoms with van der Waals surface area (Å²) < 4.78 is 5.37. The van der Waals surface area contributed by atoms with Crippen molar-refractivity contribution in [1.29, 1.82) is 0 Å². The average molecular weight is 141 g/mol. The van der Waals surface area contributed by atoms with Crippen molar-refractivity contribution in [2.45, 2.75) is 25.0 Å². The molecule has 2 rings (SSSR count). The highest BCUT2D eigenvalue weighted by molar-refractivity contribution is 4.96. The molecule has 0 radical (unpaired) electrons. The van der Waals surface area contributed by atoms with Crippen LogP contribution in [0.1, 0.15) is 12.8 Å². The minimum Gasteiger partial charge on any atom is -0.381 e. The van der Waals surface area contributed by atoms with Crippen LogP contribution in [0.2, 0.25) is 0 Å². The zero-order valence-electron chi connectivity index (χ0n) is 6.71. The van der Waals surface area contributed by atoms with Gasteiger partial charge in [-0.25, -0.2) is 0 Å². The monoisotopic (exact) mass is 141 g/mol. The van der Waals surface area contributed by atoms with E-state index in [9.17, 15) is 0 Å². The molecule has 2 heteroatoms. The van der Waals surface area contributed by atoms with Crippen molar-refractivity contribution in [3.63, 3.8) is 0 Å². The van der Waals surface area contributed by atoms with Crippen molar-refractivity contribution in [3.8, 4) is 0 Å². The van der Waals surface area contributed by atoms with Crippen LogP contribution in [0, 0.1) is 5.92 Å². The number of nitrogens with zero attached hydrogens (tertiary/aromatic N) is 1. The maximum absolute atomic E-state index is 5.37. The van der Waals surface area contributed by atoms with Crippen LogP contribution in [0.5, 0.6) is 0 Å². The number of methoxy groups -OCH3 is 1. The number of fused-ring (bicyclic) bond motifs is 2. The molecule has 1 aliphatic carbocycles. The molecular formula is C8H15NO. The Hall–Kier alpha value is -0.0800. The first kappa shape index (κ1) is 6.62. The Labute approximate surface area is 62.2 Å². The van der Waals surface area contributed by atoms with Crippen LogP contribution in [-0.4, -0.2) is 37.7 Å². The summed E-state index contributed by atoms with van der Waals surface area (Å²) in [6, 6.07) is 0.829. The van der Waals surface area contributed by atoms with Gasteiger partial charge in [0, 0.05) is 19.7 Å². The third-order valence-corrected chi connectivity index (χ3v) is 3.05. The fourth-order valence-electron chi connectivity index (χ4n) is 2.42. The van der Waals surface area contributed by atoms with Gasteiger partial charge >= 0.3 is 0 Å². The summed E-state index contributed by atoms with van der Waals surface area (Å²) >= 11 is 0. The van der Waals surface area contributed by atoms with Crippen molar-refractivity contribution >= 4 is 0 Å². The van der Waals surface area contributed by atoms with Gasteiger partial charge in [-0.2, -0.15) is 0 Å². The molecule has 1 saturated carbocycles. The molecule has 0 aromatic heterocycles. The van der Waals surface area contributed by atoms with Gasteiger partial charge in [0.1, 0.15) is 0 Å². The van der Waals surface area contributed by atoms with Gasteiger partial charge < -0.3 is 9.64 Å². The van der Waals surface area contributed by atoms with E-state index < -0.39 is 0 Å². The second-order valence-corrected chi connectivity index (χ2v) is 3.60. The zero-order chi connectivity index (χ0) is 7.14. The largest absolute Gasteiger partial charge is 0.381 e. The second-order valence-electron chi connectivity index (χ2n) is 3.60. The van der Waals surface area contributed by atoms with Gasteiger partial charge in [-0.1, -0.05) is 0 Å². The summed E-state index contributed by atoms with van der Waals surface area (Å²) in [6.07, 6.45) is 3.20. The second kappa shape index (κ2) is 2.21. The highest BCUT2D eigenvalue weighted by Crippen LogP contribution is 2.37. The minimum atomic E-state index is 0.571. The molecule has 1 saturated heterocycles. The predicted molar refractivity (Wildman–Crippen MR) is 39.9 cm³/mol. The van der Waals surface area contributed by atoms with Gasteiger partial charge in [0.25, 0.3) is 0 Å². The molecule has 2 fully saturated rings. The van der Waals surface area contributed by atoms with Gasteiger partial charge in [0.05, 0.1) is 6.10 Å². The van der Waals surface area contributed by atoms with Crippen LogP contribution in [0.4, 0.5) is 0 Å². The molecule has 0 aromatic carbocycles. The van der Waals surface area contributed by atoms with Crippen molar-refractivity contribution in [1.82, 2.24) is 4.90 Å². The number of ether oxygens (including phenoxy) is 1. The van der Waals surface area contributed by atoms with E-state index in [2.05, 4.69) is 11.9 Å². The number of hydrogen-bond acceptors (Lipinski definition) is 2. The highest BCUT2D eigenvalue weighted by Gasteiger charge is 2.42. The summed E-state index contributed by atoms with van der Waals surface area (Å²) in [5.74, 6) is 0.833. The molecule has 2 bridgehead atoms. The molecule has 58 valence electrons. The maximum Gasteiger partial charge on any atom is 0.0627 e. The highest BCUT2D eigenvalue weighted by atomic mass is 16.5. The van der Waals surface area contributed by atoms with Crippen molar-refractivity contribution in [2.24, 2.45) is 5.92 Å². The van der Waals surface area contributed by atoms with Crippen molar-refractivity contribution in [3.05, 3.63) is 0 Å². The third-order valence-electron chi connectivity index (χ3n) is 3.05.